The third-order valence-electron chi connectivity index (χ3n) is 4.56. The number of hydrogen-bond acceptors (Lipinski definition) is 4. The second kappa shape index (κ2) is 14.2. The normalized spacial score (nSPS) is 9.45. The van der Waals surface area contributed by atoms with Crippen molar-refractivity contribution in [3.63, 3.8) is 0 Å². The Morgan fingerprint density at radius 3 is 0.606 bits per heavy atom. The van der Waals surface area contributed by atoms with Gasteiger partial charge in [0.2, 0.25) is 0 Å². The Bertz CT molecular complexity index is 1010. The van der Waals surface area contributed by atoms with Crippen molar-refractivity contribution in [2.24, 2.45) is 0 Å². The van der Waals surface area contributed by atoms with Crippen LogP contribution in [-0.4, -0.2) is 19.5 Å². The van der Waals surface area contributed by atoms with Crippen LogP contribution in [0.4, 0.5) is 0 Å². The second-order valence-electron chi connectivity index (χ2n) is 6.78. The van der Waals surface area contributed by atoms with Gasteiger partial charge in [-0.1, -0.05) is 170 Å². The maximum absolute atomic E-state index is 5.38. The van der Waals surface area contributed by atoms with Crippen LogP contribution in [0.25, 0.3) is 0 Å². The first-order chi connectivity index (χ1) is 15.6. The molecule has 4 rings (SSSR count). The molecular weight excluding hydrogens is 516 g/mol. The zero-order chi connectivity index (χ0) is 22.8. The van der Waals surface area contributed by atoms with E-state index in [1.807, 2.05) is 121 Å². The van der Waals surface area contributed by atoms with Gasteiger partial charge in [0.05, 0.1) is 19.5 Å². The van der Waals surface area contributed by atoms with E-state index in [1.54, 1.807) is 0 Å². The summed E-state index contributed by atoms with van der Waals surface area (Å²) in [4.78, 5) is 2.95. The number of rotatable bonds is 6. The molecule has 0 unspecified atom stereocenters. The van der Waals surface area contributed by atoms with Crippen molar-refractivity contribution in [1.82, 2.24) is 0 Å². The Kier molecular flexibility index (Phi) is 11.6. The summed E-state index contributed by atoms with van der Waals surface area (Å²) in [7, 11) is 0. The van der Waals surface area contributed by atoms with Crippen LogP contribution < -0.4 is 0 Å². The molecule has 33 heavy (non-hydrogen) atoms. The summed E-state index contributed by atoms with van der Waals surface area (Å²) in [5.74, 6) is 0. The van der Waals surface area contributed by atoms with Gasteiger partial charge < -0.3 is 0 Å². The average Bonchev–Trinajstić information content (AvgIpc) is 2.89. The fraction of sp³-hybridized carbons (Fsp3) is 0. The first kappa shape index (κ1) is 27.1. The second-order valence-corrected chi connectivity index (χ2v) is 8.41. The molecule has 0 heterocycles. The number of benzene rings is 4. The van der Waals surface area contributed by atoms with E-state index < -0.39 is 0 Å². The molecule has 0 saturated carbocycles. The van der Waals surface area contributed by atoms with Crippen LogP contribution in [0, 0.1) is 0 Å². The van der Waals surface area contributed by atoms with Crippen molar-refractivity contribution >= 4 is 68.3 Å². The summed E-state index contributed by atoms with van der Waals surface area (Å²) in [5.41, 5.74) is 4.02. The monoisotopic (exact) mass is 535 g/mol. The van der Waals surface area contributed by atoms with Crippen LogP contribution in [0.2, 0.25) is 0 Å². The van der Waals surface area contributed by atoms with Crippen LogP contribution in [0.15, 0.2) is 121 Å². The predicted molar refractivity (Wildman–Crippen MR) is 153 cm³/mol. The third-order valence-corrected chi connectivity index (χ3v) is 6.57. The Hall–Kier alpha value is -2.18. The molecule has 0 aliphatic carbocycles. The van der Waals surface area contributed by atoms with Crippen molar-refractivity contribution < 1.29 is 18.6 Å². The van der Waals surface area contributed by atoms with Gasteiger partial charge in [-0.25, -0.2) is 0 Å². The van der Waals surface area contributed by atoms with Crippen LogP contribution in [0.1, 0.15) is 22.3 Å². The van der Waals surface area contributed by atoms with Gasteiger partial charge in [0.15, 0.2) is 0 Å². The molecule has 0 aliphatic heterocycles. The van der Waals surface area contributed by atoms with E-state index in [0.29, 0.717) is 0 Å². The summed E-state index contributed by atoms with van der Waals surface area (Å²) in [6.45, 7) is 0. The Balaban J connectivity index is 0.000000227. The van der Waals surface area contributed by atoms with E-state index in [0.717, 1.165) is 41.7 Å². The minimum atomic E-state index is 0. The van der Waals surface area contributed by atoms with Crippen LogP contribution in [0.3, 0.4) is 0 Å². The summed E-state index contributed by atoms with van der Waals surface area (Å²) in [6, 6.07) is 39.5. The minimum Gasteiger partial charge on any atom is -0.0778 e. The predicted octanol–water partition coefficient (Wildman–Crippen LogP) is 7.64. The summed E-state index contributed by atoms with van der Waals surface area (Å²) >= 11 is 21.5. The summed E-state index contributed by atoms with van der Waals surface area (Å²) < 4.78 is 0. The van der Waals surface area contributed by atoms with Gasteiger partial charge in [0, 0.05) is 18.6 Å². The van der Waals surface area contributed by atoms with Crippen LogP contribution in [-0.2, 0) is 18.6 Å². The topological polar surface area (TPSA) is 0 Å². The van der Waals surface area contributed by atoms with E-state index >= 15 is 0 Å². The van der Waals surface area contributed by atoms with E-state index in [9.17, 15) is 0 Å². The van der Waals surface area contributed by atoms with Crippen molar-refractivity contribution in [2.45, 2.75) is 0 Å². The molecule has 0 bridgehead atoms. The van der Waals surface area contributed by atoms with Gasteiger partial charge >= 0.3 is 0 Å². The van der Waals surface area contributed by atoms with Crippen molar-refractivity contribution in [2.75, 3.05) is 0 Å². The van der Waals surface area contributed by atoms with Gasteiger partial charge in [-0.2, -0.15) is 0 Å². The Morgan fingerprint density at radius 2 is 0.455 bits per heavy atom. The molecule has 1 radical (unpaired) electrons. The van der Waals surface area contributed by atoms with Crippen LogP contribution >= 0.6 is 48.9 Å². The quantitative estimate of drug-likeness (QED) is 0.184. The third kappa shape index (κ3) is 7.97. The fourth-order valence-electron chi connectivity index (χ4n) is 2.88. The van der Waals surface area contributed by atoms with Gasteiger partial charge in [-0.3, -0.25) is 0 Å². The van der Waals surface area contributed by atoms with E-state index in [2.05, 4.69) is 0 Å². The maximum Gasteiger partial charge on any atom is 0.0636 e. The van der Waals surface area contributed by atoms with Gasteiger partial charge in [0.1, 0.15) is 0 Å². The molecule has 0 aliphatic rings. The molecule has 0 spiro atoms. The minimum absolute atomic E-state index is 0. The average molecular weight is 536 g/mol. The molecule has 5 heteroatoms. The maximum atomic E-state index is 5.38. The molecule has 0 N–H and O–H groups in total. The number of hydrogen-bond donors (Lipinski definition) is 0. The molecule has 0 aromatic heterocycles. The van der Waals surface area contributed by atoms with Crippen molar-refractivity contribution in [3.8, 4) is 0 Å². The van der Waals surface area contributed by atoms with E-state index in [-0.39, 0.29) is 18.6 Å². The van der Waals surface area contributed by atoms with Gasteiger partial charge in [0.25, 0.3) is 0 Å². The van der Waals surface area contributed by atoms with Crippen molar-refractivity contribution in [3.05, 3.63) is 144 Å². The zero-order valence-electron chi connectivity index (χ0n) is 17.6. The Morgan fingerprint density at radius 1 is 0.303 bits per heavy atom. The van der Waals surface area contributed by atoms with Gasteiger partial charge in [-0.05, 0) is 22.3 Å². The van der Waals surface area contributed by atoms with Crippen LogP contribution in [0.5, 0.6) is 0 Å². The molecular formula is C28H20S4V. The summed E-state index contributed by atoms with van der Waals surface area (Å²) in [5, 5.41) is 0. The number of thiocarbonyl (C=S) groups is 4. The molecule has 0 saturated heterocycles. The SMILES string of the molecule is S=C(C(=S)c1ccccc1)c1ccccc1.S=C(C(=S)c1ccccc1)c1ccccc1.[V]. The first-order valence-corrected chi connectivity index (χ1v) is 11.6. The molecule has 4 aromatic rings. The molecule has 161 valence electrons. The van der Waals surface area contributed by atoms with E-state index in [1.165, 1.54) is 0 Å². The van der Waals surface area contributed by atoms with Crippen molar-refractivity contribution in [1.29, 1.82) is 0 Å². The summed E-state index contributed by atoms with van der Waals surface area (Å²) in [6.07, 6.45) is 0. The molecule has 0 nitrogen and oxygen atoms in total. The first-order valence-electron chi connectivity index (χ1n) is 9.96. The largest absolute Gasteiger partial charge is 0.0778 e. The molecule has 4 aromatic carbocycles. The molecule has 0 fully saturated rings. The zero-order valence-corrected chi connectivity index (χ0v) is 22.3. The fourth-order valence-corrected chi connectivity index (χ4v) is 3.90. The smallest absolute Gasteiger partial charge is 0.0636 e. The van der Waals surface area contributed by atoms with Gasteiger partial charge in [-0.15, -0.1) is 0 Å². The van der Waals surface area contributed by atoms with E-state index in [4.69, 9.17) is 48.9 Å². The molecule has 0 atom stereocenters. The molecule has 0 amide bonds. The Labute approximate surface area is 229 Å². The standard InChI is InChI=1S/2C14H10S2.V/c2*15-13(11-7-3-1-4-8-11)14(16)12-9-5-2-6-10-12;/h2*1-10H;.